The standard InChI is InChI=1S/C23H14BrNO3S/c24-16-7-10-20-18(12-16)15(11-22(26)28-20)13-27-17-8-5-14(6-9-17)23-25-19-3-1-2-4-21(19)29-23/h1-12H,13H2. The smallest absolute Gasteiger partial charge is 0.336 e. The molecule has 5 rings (SSSR count). The summed E-state index contributed by atoms with van der Waals surface area (Å²) >= 11 is 5.13. The first-order chi connectivity index (χ1) is 14.2. The number of fused-ring (bicyclic) bond motifs is 2. The zero-order chi connectivity index (χ0) is 19.8. The third-order valence-electron chi connectivity index (χ3n) is 4.58. The van der Waals surface area contributed by atoms with Gasteiger partial charge in [0.25, 0.3) is 0 Å². The molecule has 29 heavy (non-hydrogen) atoms. The molecule has 0 N–H and O–H groups in total. The lowest BCUT2D eigenvalue weighted by molar-refractivity contribution is 0.306. The molecule has 0 aliphatic heterocycles. The van der Waals surface area contributed by atoms with Crippen LogP contribution in [0.5, 0.6) is 5.75 Å². The number of aromatic nitrogens is 1. The van der Waals surface area contributed by atoms with Gasteiger partial charge in [-0.1, -0.05) is 28.1 Å². The molecule has 0 saturated carbocycles. The molecule has 0 unspecified atom stereocenters. The van der Waals surface area contributed by atoms with E-state index in [1.54, 1.807) is 17.4 Å². The van der Waals surface area contributed by atoms with Crippen LogP contribution >= 0.6 is 27.3 Å². The van der Waals surface area contributed by atoms with Gasteiger partial charge in [-0.2, -0.15) is 0 Å². The Labute approximate surface area is 178 Å². The SMILES string of the molecule is O=c1cc(COc2ccc(-c3nc4ccccc4s3)cc2)c2cc(Br)ccc2o1. The Morgan fingerprint density at radius 1 is 1.00 bits per heavy atom. The quantitative estimate of drug-likeness (QED) is 0.289. The van der Waals surface area contributed by atoms with Crippen LogP contribution in [0.15, 0.2) is 86.5 Å². The van der Waals surface area contributed by atoms with E-state index in [2.05, 4.69) is 27.0 Å². The van der Waals surface area contributed by atoms with Gasteiger partial charge in [0.1, 0.15) is 22.9 Å². The zero-order valence-electron chi connectivity index (χ0n) is 15.1. The van der Waals surface area contributed by atoms with E-state index >= 15 is 0 Å². The Morgan fingerprint density at radius 3 is 2.66 bits per heavy atom. The fourth-order valence-electron chi connectivity index (χ4n) is 3.17. The normalized spacial score (nSPS) is 11.2. The van der Waals surface area contributed by atoms with Gasteiger partial charge in [-0.25, -0.2) is 9.78 Å². The molecule has 2 aromatic heterocycles. The first-order valence-electron chi connectivity index (χ1n) is 8.97. The van der Waals surface area contributed by atoms with Crippen molar-refractivity contribution in [1.82, 2.24) is 4.98 Å². The van der Waals surface area contributed by atoms with Gasteiger partial charge >= 0.3 is 5.63 Å². The molecule has 0 amide bonds. The number of hydrogen-bond acceptors (Lipinski definition) is 5. The van der Waals surface area contributed by atoms with E-state index in [1.165, 1.54) is 10.8 Å². The molecular formula is C23H14BrNO3S. The second-order valence-corrected chi connectivity index (χ2v) is 8.48. The van der Waals surface area contributed by atoms with E-state index in [0.29, 0.717) is 5.58 Å². The Morgan fingerprint density at radius 2 is 1.83 bits per heavy atom. The van der Waals surface area contributed by atoms with Crippen LogP contribution < -0.4 is 10.4 Å². The third kappa shape index (κ3) is 3.69. The molecule has 5 aromatic rings. The summed E-state index contributed by atoms with van der Waals surface area (Å²) in [6.07, 6.45) is 0. The van der Waals surface area contributed by atoms with Crippen molar-refractivity contribution in [1.29, 1.82) is 0 Å². The van der Waals surface area contributed by atoms with Crippen molar-refractivity contribution in [2.24, 2.45) is 0 Å². The van der Waals surface area contributed by atoms with Crippen LogP contribution in [0.3, 0.4) is 0 Å². The highest BCUT2D eigenvalue weighted by Crippen LogP contribution is 2.31. The molecule has 0 radical (unpaired) electrons. The topological polar surface area (TPSA) is 52.3 Å². The highest BCUT2D eigenvalue weighted by Gasteiger charge is 2.09. The average molecular weight is 464 g/mol. The first kappa shape index (κ1) is 18.1. The number of halogens is 1. The van der Waals surface area contributed by atoms with Gasteiger partial charge in [-0.3, -0.25) is 0 Å². The van der Waals surface area contributed by atoms with E-state index in [-0.39, 0.29) is 12.2 Å². The Hall–Kier alpha value is -2.96. The molecule has 0 bridgehead atoms. The van der Waals surface area contributed by atoms with E-state index in [9.17, 15) is 4.79 Å². The Balaban J connectivity index is 1.39. The number of nitrogens with zero attached hydrogens (tertiary/aromatic N) is 1. The molecular weight excluding hydrogens is 450 g/mol. The first-order valence-corrected chi connectivity index (χ1v) is 10.6. The zero-order valence-corrected chi connectivity index (χ0v) is 17.5. The number of rotatable bonds is 4. The summed E-state index contributed by atoms with van der Waals surface area (Å²) < 4.78 is 13.3. The van der Waals surface area contributed by atoms with Gasteiger partial charge < -0.3 is 9.15 Å². The predicted octanol–water partition coefficient (Wildman–Crippen LogP) is 6.41. The van der Waals surface area contributed by atoms with E-state index in [4.69, 9.17) is 9.15 Å². The van der Waals surface area contributed by atoms with Crippen molar-refractivity contribution in [3.8, 4) is 16.3 Å². The van der Waals surface area contributed by atoms with Gasteiger partial charge in [-0.15, -0.1) is 11.3 Å². The average Bonchev–Trinajstić information content (AvgIpc) is 3.17. The summed E-state index contributed by atoms with van der Waals surface area (Å²) in [4.78, 5) is 16.5. The number of benzene rings is 3. The minimum Gasteiger partial charge on any atom is -0.489 e. The van der Waals surface area contributed by atoms with Crippen LogP contribution in [0.4, 0.5) is 0 Å². The second kappa shape index (κ2) is 7.46. The Kier molecular flexibility index (Phi) is 4.66. The molecule has 3 aromatic carbocycles. The number of hydrogen-bond donors (Lipinski definition) is 0. The van der Waals surface area contributed by atoms with Crippen molar-refractivity contribution >= 4 is 48.5 Å². The molecule has 0 atom stereocenters. The molecule has 0 spiro atoms. The fraction of sp³-hybridized carbons (Fsp3) is 0.0435. The van der Waals surface area contributed by atoms with Crippen LogP contribution in [0.1, 0.15) is 5.56 Å². The van der Waals surface area contributed by atoms with Gasteiger partial charge in [-0.05, 0) is 54.6 Å². The van der Waals surface area contributed by atoms with E-state index in [0.717, 1.165) is 37.3 Å². The van der Waals surface area contributed by atoms with Crippen LogP contribution in [-0.4, -0.2) is 4.98 Å². The minimum atomic E-state index is -0.385. The molecule has 6 heteroatoms. The van der Waals surface area contributed by atoms with Gasteiger partial charge in [0, 0.05) is 27.1 Å². The Bertz CT molecular complexity index is 1360. The number of thiazole rings is 1. The molecule has 2 heterocycles. The summed E-state index contributed by atoms with van der Waals surface area (Å²) in [6, 6.07) is 23.0. The van der Waals surface area contributed by atoms with E-state index in [1.807, 2.05) is 54.6 Å². The fourth-order valence-corrected chi connectivity index (χ4v) is 4.50. The van der Waals surface area contributed by atoms with E-state index < -0.39 is 0 Å². The largest absolute Gasteiger partial charge is 0.489 e. The predicted molar refractivity (Wildman–Crippen MR) is 120 cm³/mol. The number of para-hydroxylation sites is 1. The van der Waals surface area contributed by atoms with Crippen molar-refractivity contribution < 1.29 is 9.15 Å². The maximum Gasteiger partial charge on any atom is 0.336 e. The molecule has 0 aliphatic carbocycles. The molecule has 4 nitrogen and oxygen atoms in total. The number of ether oxygens (including phenoxy) is 1. The summed E-state index contributed by atoms with van der Waals surface area (Å²) in [6.45, 7) is 0.277. The van der Waals surface area contributed by atoms with Crippen molar-refractivity contribution in [2.45, 2.75) is 6.61 Å². The highest BCUT2D eigenvalue weighted by molar-refractivity contribution is 9.10. The molecule has 0 aliphatic rings. The van der Waals surface area contributed by atoms with Crippen LogP contribution in [0.25, 0.3) is 31.8 Å². The highest BCUT2D eigenvalue weighted by atomic mass is 79.9. The summed E-state index contributed by atoms with van der Waals surface area (Å²) in [7, 11) is 0. The van der Waals surface area contributed by atoms with Gasteiger partial charge in [0.2, 0.25) is 0 Å². The third-order valence-corrected chi connectivity index (χ3v) is 6.16. The van der Waals surface area contributed by atoms with Crippen molar-refractivity contribution in [3.05, 3.63) is 93.3 Å². The summed E-state index contributed by atoms with van der Waals surface area (Å²) in [5.41, 5.74) is 3.00. The van der Waals surface area contributed by atoms with Crippen molar-refractivity contribution in [2.75, 3.05) is 0 Å². The monoisotopic (exact) mass is 463 g/mol. The van der Waals surface area contributed by atoms with Crippen LogP contribution in [0.2, 0.25) is 0 Å². The van der Waals surface area contributed by atoms with Crippen LogP contribution in [-0.2, 0) is 6.61 Å². The maximum atomic E-state index is 11.8. The second-order valence-electron chi connectivity index (χ2n) is 6.53. The lowest BCUT2D eigenvalue weighted by Crippen LogP contribution is -2.04. The lowest BCUT2D eigenvalue weighted by atomic mass is 10.1. The van der Waals surface area contributed by atoms with Gasteiger partial charge in [0.05, 0.1) is 10.2 Å². The molecule has 142 valence electrons. The summed E-state index contributed by atoms with van der Waals surface area (Å²) in [5, 5.41) is 1.83. The molecule has 0 saturated heterocycles. The van der Waals surface area contributed by atoms with Gasteiger partial charge in [0.15, 0.2) is 0 Å². The summed E-state index contributed by atoms with van der Waals surface area (Å²) in [5.74, 6) is 0.728. The van der Waals surface area contributed by atoms with Crippen molar-refractivity contribution in [3.63, 3.8) is 0 Å². The minimum absolute atomic E-state index is 0.277. The lowest BCUT2D eigenvalue weighted by Gasteiger charge is -2.09. The van der Waals surface area contributed by atoms with Crippen LogP contribution in [0, 0.1) is 0 Å². The molecule has 0 fully saturated rings. The maximum absolute atomic E-state index is 11.8.